The summed E-state index contributed by atoms with van der Waals surface area (Å²) in [6.45, 7) is 2.72. The van der Waals surface area contributed by atoms with Crippen LogP contribution in [0, 0.1) is 5.92 Å². The molecule has 2 heterocycles. The lowest BCUT2D eigenvalue weighted by atomic mass is 9.76. The minimum Gasteiger partial charge on any atom is -0.394 e. The molecule has 2 aromatic rings. The molecule has 1 saturated carbocycles. The third-order valence-electron chi connectivity index (χ3n) is 4.73. The van der Waals surface area contributed by atoms with Crippen molar-refractivity contribution in [1.29, 1.82) is 0 Å². The normalized spacial score (nSPS) is 19.2. The summed E-state index contributed by atoms with van der Waals surface area (Å²) in [4.78, 5) is 4.42. The fourth-order valence-corrected chi connectivity index (χ4v) is 3.82. The lowest BCUT2D eigenvalue weighted by Gasteiger charge is -2.39. The number of nitrogens with zero attached hydrogens (tertiary/aromatic N) is 2. The first kappa shape index (κ1) is 15.6. The summed E-state index contributed by atoms with van der Waals surface area (Å²) in [6.07, 6.45) is 6.17. The molecule has 1 aliphatic carbocycles. The van der Waals surface area contributed by atoms with E-state index in [9.17, 15) is 5.11 Å². The second-order valence-electron chi connectivity index (χ2n) is 6.29. The molecule has 5 nitrogen and oxygen atoms in total. The van der Waals surface area contributed by atoms with Gasteiger partial charge in [0.1, 0.15) is 0 Å². The second kappa shape index (κ2) is 6.89. The van der Waals surface area contributed by atoms with Crippen LogP contribution in [0.3, 0.4) is 0 Å². The van der Waals surface area contributed by atoms with E-state index in [1.54, 1.807) is 11.3 Å². The van der Waals surface area contributed by atoms with Crippen LogP contribution < -0.4 is 5.32 Å². The zero-order chi connectivity index (χ0) is 15.4. The molecule has 3 rings (SSSR count). The van der Waals surface area contributed by atoms with Gasteiger partial charge in [-0.3, -0.25) is 0 Å². The molecule has 0 saturated heterocycles. The average molecular weight is 321 g/mol. The highest BCUT2D eigenvalue weighted by Gasteiger charge is 2.34. The van der Waals surface area contributed by atoms with Gasteiger partial charge in [-0.25, -0.2) is 0 Å². The summed E-state index contributed by atoms with van der Waals surface area (Å²) in [6, 6.07) is 1.98. The zero-order valence-electron chi connectivity index (χ0n) is 12.9. The molecule has 1 atom stereocenters. The molecule has 2 N–H and O–H groups in total. The predicted octanol–water partition coefficient (Wildman–Crippen LogP) is 3.22. The summed E-state index contributed by atoms with van der Waals surface area (Å²) >= 11 is 1.61. The van der Waals surface area contributed by atoms with Gasteiger partial charge in [-0.1, -0.05) is 24.4 Å². The Morgan fingerprint density at radius 1 is 1.41 bits per heavy atom. The molecule has 0 aromatic carbocycles. The number of hydrogen-bond acceptors (Lipinski definition) is 6. The quantitative estimate of drug-likeness (QED) is 0.855. The number of aliphatic hydroxyl groups is 1. The molecule has 0 unspecified atom stereocenters. The molecular formula is C16H23N3O2S. The van der Waals surface area contributed by atoms with Crippen molar-refractivity contribution < 1.29 is 9.63 Å². The molecule has 1 fully saturated rings. The van der Waals surface area contributed by atoms with Gasteiger partial charge in [0.15, 0.2) is 0 Å². The van der Waals surface area contributed by atoms with Crippen molar-refractivity contribution >= 4 is 11.3 Å². The van der Waals surface area contributed by atoms with Crippen molar-refractivity contribution in [3.8, 4) is 11.4 Å². The van der Waals surface area contributed by atoms with Gasteiger partial charge in [0.2, 0.25) is 11.7 Å². The summed E-state index contributed by atoms with van der Waals surface area (Å²) in [5, 5.41) is 21.3. The van der Waals surface area contributed by atoms with E-state index < -0.39 is 0 Å². The molecule has 0 bridgehead atoms. The highest BCUT2D eigenvalue weighted by molar-refractivity contribution is 7.08. The minimum atomic E-state index is -0.280. The molecule has 1 aliphatic rings. The number of aliphatic hydroxyl groups excluding tert-OH is 1. The Morgan fingerprint density at radius 2 is 2.23 bits per heavy atom. The maximum atomic E-state index is 9.84. The van der Waals surface area contributed by atoms with Gasteiger partial charge in [0.25, 0.3) is 0 Å². The maximum Gasteiger partial charge on any atom is 0.240 e. The van der Waals surface area contributed by atoms with Crippen molar-refractivity contribution in [3.05, 3.63) is 22.7 Å². The van der Waals surface area contributed by atoms with Crippen molar-refractivity contribution in [2.24, 2.45) is 5.92 Å². The van der Waals surface area contributed by atoms with E-state index in [0.717, 1.165) is 5.56 Å². The van der Waals surface area contributed by atoms with Gasteiger partial charge >= 0.3 is 0 Å². The van der Waals surface area contributed by atoms with E-state index in [1.165, 1.54) is 32.1 Å². The van der Waals surface area contributed by atoms with Gasteiger partial charge in [0, 0.05) is 16.5 Å². The molecule has 0 aliphatic heterocycles. The highest BCUT2D eigenvalue weighted by atomic mass is 32.1. The second-order valence-corrected chi connectivity index (χ2v) is 7.07. The van der Waals surface area contributed by atoms with Crippen molar-refractivity contribution in [2.75, 3.05) is 6.61 Å². The molecule has 0 amide bonds. The first-order valence-electron chi connectivity index (χ1n) is 7.92. The van der Waals surface area contributed by atoms with Crippen LogP contribution in [0.25, 0.3) is 11.4 Å². The van der Waals surface area contributed by atoms with E-state index in [-0.39, 0.29) is 12.1 Å². The van der Waals surface area contributed by atoms with Crippen LogP contribution in [0.2, 0.25) is 0 Å². The van der Waals surface area contributed by atoms with Crippen LogP contribution in [0.4, 0.5) is 0 Å². The van der Waals surface area contributed by atoms with Gasteiger partial charge in [-0.2, -0.15) is 16.3 Å². The molecule has 0 radical (unpaired) electrons. The third-order valence-corrected chi connectivity index (χ3v) is 5.41. The maximum absolute atomic E-state index is 9.84. The van der Waals surface area contributed by atoms with E-state index in [4.69, 9.17) is 4.52 Å². The first-order chi connectivity index (χ1) is 10.7. The Hall–Kier alpha value is -1.24. The number of thiophene rings is 1. The fraction of sp³-hybridized carbons (Fsp3) is 0.625. The van der Waals surface area contributed by atoms with E-state index in [0.29, 0.717) is 24.2 Å². The summed E-state index contributed by atoms with van der Waals surface area (Å²) in [5.41, 5.74) is 0.703. The van der Waals surface area contributed by atoms with Gasteiger partial charge in [0.05, 0.1) is 13.2 Å². The Kier molecular flexibility index (Phi) is 4.90. The van der Waals surface area contributed by atoms with Crippen molar-refractivity contribution in [1.82, 2.24) is 15.5 Å². The lowest BCUT2D eigenvalue weighted by molar-refractivity contribution is 0.0908. The molecule has 2 aromatic heterocycles. The minimum absolute atomic E-state index is 0.128. The topological polar surface area (TPSA) is 71.2 Å². The largest absolute Gasteiger partial charge is 0.394 e. The van der Waals surface area contributed by atoms with Gasteiger partial charge in [-0.15, -0.1) is 0 Å². The Morgan fingerprint density at radius 3 is 2.91 bits per heavy atom. The average Bonchev–Trinajstić information content (AvgIpc) is 3.24. The SMILES string of the molecule is C[C@](CO)(NCc1nc(-c2ccsc2)no1)C1CCCCC1. The Labute approximate surface area is 134 Å². The van der Waals surface area contributed by atoms with Crippen LogP contribution in [0.5, 0.6) is 0 Å². The summed E-state index contributed by atoms with van der Waals surface area (Å²) < 4.78 is 5.32. The van der Waals surface area contributed by atoms with E-state index in [1.807, 2.05) is 16.8 Å². The van der Waals surface area contributed by atoms with Crippen LogP contribution in [-0.4, -0.2) is 27.4 Å². The standard InChI is InChI=1S/C16H23N3O2S/c1-16(11-20,13-5-3-2-4-6-13)17-9-14-18-15(19-21-14)12-7-8-22-10-12/h7-8,10,13,17,20H,2-6,9,11H2,1H3/t16-/m1/s1. The first-order valence-corrected chi connectivity index (χ1v) is 8.86. The van der Waals surface area contributed by atoms with E-state index >= 15 is 0 Å². The van der Waals surface area contributed by atoms with Crippen LogP contribution in [0.15, 0.2) is 21.3 Å². The molecule has 22 heavy (non-hydrogen) atoms. The zero-order valence-corrected chi connectivity index (χ0v) is 13.7. The number of hydrogen-bond donors (Lipinski definition) is 2. The molecule has 0 spiro atoms. The van der Waals surface area contributed by atoms with Crippen LogP contribution in [-0.2, 0) is 6.54 Å². The van der Waals surface area contributed by atoms with Gasteiger partial charge < -0.3 is 14.9 Å². The highest BCUT2D eigenvalue weighted by Crippen LogP contribution is 2.32. The summed E-state index contributed by atoms with van der Waals surface area (Å²) in [5.74, 6) is 1.70. The third kappa shape index (κ3) is 3.39. The van der Waals surface area contributed by atoms with E-state index in [2.05, 4.69) is 22.4 Å². The number of rotatable bonds is 6. The lowest BCUT2D eigenvalue weighted by Crippen LogP contribution is -2.52. The van der Waals surface area contributed by atoms with Crippen molar-refractivity contribution in [2.45, 2.75) is 51.1 Å². The Balaban J connectivity index is 1.63. The fourth-order valence-electron chi connectivity index (χ4n) is 3.18. The predicted molar refractivity (Wildman–Crippen MR) is 86.5 cm³/mol. The monoisotopic (exact) mass is 321 g/mol. The van der Waals surface area contributed by atoms with Crippen LogP contribution >= 0.6 is 11.3 Å². The molecule has 6 heteroatoms. The summed E-state index contributed by atoms with van der Waals surface area (Å²) in [7, 11) is 0. The van der Waals surface area contributed by atoms with Gasteiger partial charge in [-0.05, 0) is 37.1 Å². The molecular weight excluding hydrogens is 298 g/mol. The molecule has 120 valence electrons. The number of nitrogens with one attached hydrogen (secondary N) is 1. The number of aromatic nitrogens is 2. The Bertz CT molecular complexity index is 578. The smallest absolute Gasteiger partial charge is 0.240 e. The van der Waals surface area contributed by atoms with Crippen LogP contribution in [0.1, 0.15) is 44.9 Å². The van der Waals surface area contributed by atoms with Crippen molar-refractivity contribution in [3.63, 3.8) is 0 Å².